The van der Waals surface area contributed by atoms with E-state index in [-0.39, 0.29) is 11.8 Å². The second-order valence-electron chi connectivity index (χ2n) is 8.02. The number of piperidine rings is 1. The highest BCUT2D eigenvalue weighted by atomic mass is 16.2. The lowest BCUT2D eigenvalue weighted by atomic mass is 10.0. The summed E-state index contributed by atoms with van der Waals surface area (Å²) in [5, 5.41) is 7.43. The second-order valence-corrected chi connectivity index (χ2v) is 8.02. The van der Waals surface area contributed by atoms with Gasteiger partial charge in [-0.2, -0.15) is 5.10 Å². The lowest BCUT2D eigenvalue weighted by molar-refractivity contribution is -0.122. The van der Waals surface area contributed by atoms with E-state index in [1.807, 2.05) is 17.7 Å². The Kier molecular flexibility index (Phi) is 6.88. The van der Waals surface area contributed by atoms with E-state index in [1.54, 1.807) is 4.90 Å². The second kappa shape index (κ2) is 9.35. The molecule has 0 aliphatic carbocycles. The largest absolute Gasteiger partial charge is 0.356 e. The van der Waals surface area contributed by atoms with Crippen LogP contribution in [0.5, 0.6) is 0 Å². The van der Waals surface area contributed by atoms with Gasteiger partial charge in [-0.05, 0) is 51.6 Å². The number of nitrogens with zero attached hydrogens (tertiary/aromatic N) is 4. The van der Waals surface area contributed by atoms with E-state index in [1.165, 1.54) is 25.9 Å². The Morgan fingerprint density at radius 2 is 2.15 bits per heavy atom. The van der Waals surface area contributed by atoms with Crippen molar-refractivity contribution in [3.8, 4) is 0 Å². The summed E-state index contributed by atoms with van der Waals surface area (Å²) in [5.41, 5.74) is 0.922. The standard InChI is InChI=1S/C20H33N5O2/c1-16-6-3-10-23(15-16)11-5-9-21-18(26)7-4-12-24-19-14-17(2)22-25(19)13-8-20(24)27/h14,16H,3-13,15H2,1-2H3,(H,21,26). The number of hydrogen-bond acceptors (Lipinski definition) is 4. The van der Waals surface area contributed by atoms with E-state index in [2.05, 4.69) is 22.2 Å². The molecule has 1 atom stereocenters. The predicted octanol–water partition coefficient (Wildman–Crippen LogP) is 1.95. The van der Waals surface area contributed by atoms with Crippen LogP contribution in [0.1, 0.15) is 51.1 Å². The topological polar surface area (TPSA) is 70.5 Å². The van der Waals surface area contributed by atoms with Gasteiger partial charge in [0.2, 0.25) is 11.8 Å². The lowest BCUT2D eigenvalue weighted by Crippen LogP contribution is -2.38. The van der Waals surface area contributed by atoms with Crippen LogP contribution in [-0.4, -0.2) is 59.2 Å². The van der Waals surface area contributed by atoms with Gasteiger partial charge >= 0.3 is 0 Å². The maximum atomic E-state index is 12.2. The molecule has 1 fully saturated rings. The minimum absolute atomic E-state index is 0.0798. The molecule has 2 amide bonds. The average molecular weight is 376 g/mol. The van der Waals surface area contributed by atoms with Crippen molar-refractivity contribution in [1.82, 2.24) is 20.0 Å². The maximum Gasteiger partial charge on any atom is 0.229 e. The van der Waals surface area contributed by atoms with Crippen molar-refractivity contribution >= 4 is 17.6 Å². The van der Waals surface area contributed by atoms with Crippen LogP contribution >= 0.6 is 0 Å². The highest BCUT2D eigenvalue weighted by Gasteiger charge is 2.25. The van der Waals surface area contributed by atoms with E-state index < -0.39 is 0 Å². The van der Waals surface area contributed by atoms with Crippen LogP contribution in [-0.2, 0) is 16.1 Å². The van der Waals surface area contributed by atoms with Gasteiger partial charge in [0.25, 0.3) is 0 Å². The van der Waals surface area contributed by atoms with Gasteiger partial charge in [0.1, 0.15) is 5.82 Å². The maximum absolute atomic E-state index is 12.2. The molecule has 27 heavy (non-hydrogen) atoms. The zero-order valence-corrected chi connectivity index (χ0v) is 16.7. The number of carbonyl (C=O) groups is 2. The summed E-state index contributed by atoms with van der Waals surface area (Å²) < 4.78 is 1.89. The van der Waals surface area contributed by atoms with E-state index >= 15 is 0 Å². The molecular formula is C20H33N5O2. The van der Waals surface area contributed by atoms with Gasteiger partial charge in [0, 0.05) is 38.5 Å². The van der Waals surface area contributed by atoms with Gasteiger partial charge in [-0.3, -0.25) is 14.5 Å². The van der Waals surface area contributed by atoms with Crippen molar-refractivity contribution in [1.29, 1.82) is 0 Å². The van der Waals surface area contributed by atoms with Gasteiger partial charge in [-0.25, -0.2) is 4.68 Å². The van der Waals surface area contributed by atoms with Crippen molar-refractivity contribution in [3.05, 3.63) is 11.8 Å². The molecule has 1 unspecified atom stereocenters. The number of rotatable bonds is 8. The first-order valence-corrected chi connectivity index (χ1v) is 10.4. The van der Waals surface area contributed by atoms with E-state index in [4.69, 9.17) is 0 Å². The Balaban J connectivity index is 1.32. The molecule has 3 heterocycles. The van der Waals surface area contributed by atoms with Crippen LogP contribution in [0, 0.1) is 12.8 Å². The summed E-state index contributed by atoms with van der Waals surface area (Å²) in [6, 6.07) is 1.94. The van der Waals surface area contributed by atoms with Gasteiger partial charge in [0.05, 0.1) is 12.2 Å². The number of likely N-dealkylation sites (tertiary alicyclic amines) is 1. The van der Waals surface area contributed by atoms with Crippen LogP contribution in [0.4, 0.5) is 5.82 Å². The Labute approximate surface area is 162 Å². The molecule has 0 spiro atoms. The van der Waals surface area contributed by atoms with Gasteiger partial charge < -0.3 is 10.2 Å². The van der Waals surface area contributed by atoms with Crippen LogP contribution in [0.25, 0.3) is 0 Å². The normalized spacial score (nSPS) is 20.6. The summed E-state index contributed by atoms with van der Waals surface area (Å²) in [5.74, 6) is 1.86. The predicted molar refractivity (Wildman–Crippen MR) is 106 cm³/mol. The molecule has 1 aromatic rings. The molecule has 3 rings (SSSR count). The third-order valence-corrected chi connectivity index (χ3v) is 5.50. The fraction of sp³-hybridized carbons (Fsp3) is 0.750. The minimum Gasteiger partial charge on any atom is -0.356 e. The molecular weight excluding hydrogens is 342 g/mol. The van der Waals surface area contributed by atoms with Crippen LogP contribution in [0.3, 0.4) is 0 Å². The summed E-state index contributed by atoms with van der Waals surface area (Å²) in [4.78, 5) is 28.6. The van der Waals surface area contributed by atoms with Crippen LogP contribution in [0.2, 0.25) is 0 Å². The van der Waals surface area contributed by atoms with E-state index in [0.29, 0.717) is 32.4 Å². The summed E-state index contributed by atoms with van der Waals surface area (Å²) in [6.07, 6.45) is 5.24. The molecule has 0 saturated carbocycles. The Hall–Kier alpha value is -1.89. The van der Waals surface area contributed by atoms with E-state index in [9.17, 15) is 9.59 Å². The summed E-state index contributed by atoms with van der Waals surface area (Å²) in [7, 11) is 0. The number of anilines is 1. The van der Waals surface area contributed by atoms with Gasteiger partial charge in [-0.1, -0.05) is 6.92 Å². The number of amides is 2. The van der Waals surface area contributed by atoms with Crippen molar-refractivity contribution < 1.29 is 9.59 Å². The molecule has 150 valence electrons. The lowest BCUT2D eigenvalue weighted by Gasteiger charge is -2.30. The zero-order chi connectivity index (χ0) is 19.2. The molecule has 0 radical (unpaired) electrons. The third-order valence-electron chi connectivity index (χ3n) is 5.50. The smallest absolute Gasteiger partial charge is 0.229 e. The molecule has 7 heteroatoms. The first-order valence-electron chi connectivity index (χ1n) is 10.4. The Morgan fingerprint density at radius 3 is 2.96 bits per heavy atom. The highest BCUT2D eigenvalue weighted by molar-refractivity contribution is 5.93. The summed E-state index contributed by atoms with van der Waals surface area (Å²) in [6.45, 7) is 9.65. The number of aryl methyl sites for hydroxylation is 2. The van der Waals surface area contributed by atoms with Gasteiger partial charge in [0.15, 0.2) is 0 Å². The number of aromatic nitrogens is 2. The molecule has 2 aliphatic heterocycles. The Bertz CT molecular complexity index is 657. The van der Waals surface area contributed by atoms with Gasteiger partial charge in [-0.15, -0.1) is 0 Å². The van der Waals surface area contributed by atoms with Crippen molar-refractivity contribution in [2.45, 2.75) is 58.9 Å². The number of nitrogens with one attached hydrogen (secondary N) is 1. The number of hydrogen-bond donors (Lipinski definition) is 1. The van der Waals surface area contributed by atoms with Crippen molar-refractivity contribution in [2.24, 2.45) is 5.92 Å². The van der Waals surface area contributed by atoms with Crippen molar-refractivity contribution in [3.63, 3.8) is 0 Å². The summed E-state index contributed by atoms with van der Waals surface area (Å²) >= 11 is 0. The monoisotopic (exact) mass is 375 g/mol. The quantitative estimate of drug-likeness (QED) is 0.705. The van der Waals surface area contributed by atoms with Crippen LogP contribution < -0.4 is 10.2 Å². The molecule has 2 aliphatic rings. The SMILES string of the molecule is Cc1cc2n(n1)CCC(=O)N2CCCC(=O)NCCCN1CCCC(C)C1. The van der Waals surface area contributed by atoms with Crippen LogP contribution in [0.15, 0.2) is 6.07 Å². The first kappa shape index (κ1) is 19.9. The average Bonchev–Trinajstić information content (AvgIpc) is 3.01. The van der Waals surface area contributed by atoms with Crippen molar-refractivity contribution in [2.75, 3.05) is 37.6 Å². The third kappa shape index (κ3) is 5.54. The molecule has 1 N–H and O–H groups in total. The minimum atomic E-state index is 0.0798. The Morgan fingerprint density at radius 1 is 1.30 bits per heavy atom. The number of carbonyl (C=O) groups excluding carboxylic acids is 2. The van der Waals surface area contributed by atoms with E-state index in [0.717, 1.165) is 36.9 Å². The molecule has 1 saturated heterocycles. The fourth-order valence-corrected chi connectivity index (χ4v) is 4.12. The fourth-order valence-electron chi connectivity index (χ4n) is 4.12. The zero-order valence-electron chi connectivity index (χ0n) is 16.7. The first-order chi connectivity index (χ1) is 13.0. The molecule has 7 nitrogen and oxygen atoms in total. The molecule has 1 aromatic heterocycles. The molecule has 0 aromatic carbocycles. The highest BCUT2D eigenvalue weighted by Crippen LogP contribution is 2.22. The molecule has 0 bridgehead atoms. The number of fused-ring (bicyclic) bond motifs is 1.